The second-order valence-electron chi connectivity index (χ2n) is 5.05. The molecule has 1 saturated carbocycles. The molecule has 0 heterocycles. The van der Waals surface area contributed by atoms with Crippen LogP contribution in [-0.2, 0) is 14.3 Å². The van der Waals surface area contributed by atoms with E-state index in [4.69, 9.17) is 4.74 Å². The SMILES string of the molecule is CCOC(=O)/C=C/C=C/C=C/[C@H]1[C@@H](CC=C=O)[C@H](O)C[C@@H]1O. The fraction of sp³-hybridized carbons (Fsp3) is 0.471. The Morgan fingerprint density at radius 1 is 1.23 bits per heavy atom. The van der Waals surface area contributed by atoms with Gasteiger partial charge in [-0.3, -0.25) is 0 Å². The largest absolute Gasteiger partial charge is 0.463 e. The van der Waals surface area contributed by atoms with Crippen LogP contribution in [0, 0.1) is 11.8 Å². The molecule has 22 heavy (non-hydrogen) atoms. The predicted molar refractivity (Wildman–Crippen MR) is 82.5 cm³/mol. The van der Waals surface area contributed by atoms with E-state index in [0.717, 1.165) is 0 Å². The summed E-state index contributed by atoms with van der Waals surface area (Å²) >= 11 is 0. The molecule has 4 atom stereocenters. The van der Waals surface area contributed by atoms with E-state index < -0.39 is 18.2 Å². The number of carbonyl (C=O) groups is 1. The van der Waals surface area contributed by atoms with Crippen molar-refractivity contribution in [2.24, 2.45) is 11.8 Å². The third kappa shape index (κ3) is 5.82. The van der Waals surface area contributed by atoms with Gasteiger partial charge < -0.3 is 14.9 Å². The van der Waals surface area contributed by atoms with Crippen molar-refractivity contribution in [1.29, 1.82) is 0 Å². The highest BCUT2D eigenvalue weighted by atomic mass is 16.5. The number of hydrogen-bond donors (Lipinski definition) is 2. The maximum atomic E-state index is 11.1. The van der Waals surface area contributed by atoms with Crippen molar-refractivity contribution in [2.45, 2.75) is 32.0 Å². The first-order valence-electron chi connectivity index (χ1n) is 7.33. The number of aliphatic hydroxyl groups excluding tert-OH is 2. The highest BCUT2D eigenvalue weighted by Crippen LogP contribution is 2.35. The Labute approximate surface area is 130 Å². The molecule has 0 aromatic heterocycles. The smallest absolute Gasteiger partial charge is 0.330 e. The van der Waals surface area contributed by atoms with Crippen molar-refractivity contribution in [2.75, 3.05) is 6.61 Å². The second kappa shape index (κ2) is 9.90. The van der Waals surface area contributed by atoms with Crippen LogP contribution in [0.1, 0.15) is 19.8 Å². The number of rotatable bonds is 7. The molecule has 120 valence electrons. The Morgan fingerprint density at radius 2 is 1.95 bits per heavy atom. The van der Waals surface area contributed by atoms with Gasteiger partial charge in [-0.25, -0.2) is 9.59 Å². The Kier molecular flexibility index (Phi) is 8.15. The molecule has 0 amide bonds. The molecule has 2 N–H and O–H groups in total. The Morgan fingerprint density at radius 3 is 2.64 bits per heavy atom. The number of ether oxygens (including phenoxy) is 1. The van der Waals surface area contributed by atoms with Crippen LogP contribution < -0.4 is 0 Å². The highest BCUT2D eigenvalue weighted by molar-refractivity contribution is 5.82. The Bertz CT molecular complexity index is 485. The summed E-state index contributed by atoms with van der Waals surface area (Å²) in [5, 5.41) is 19.8. The zero-order valence-electron chi connectivity index (χ0n) is 12.6. The minimum absolute atomic E-state index is 0.184. The molecule has 0 unspecified atom stereocenters. The lowest BCUT2D eigenvalue weighted by molar-refractivity contribution is -0.137. The summed E-state index contributed by atoms with van der Waals surface area (Å²) in [6, 6.07) is 0. The fourth-order valence-electron chi connectivity index (χ4n) is 2.54. The first-order valence-corrected chi connectivity index (χ1v) is 7.33. The molecular formula is C17H22O5. The molecule has 0 aromatic rings. The van der Waals surface area contributed by atoms with Gasteiger partial charge in [0.05, 0.1) is 18.8 Å². The van der Waals surface area contributed by atoms with E-state index in [1.165, 1.54) is 12.2 Å². The first kappa shape index (κ1) is 18.1. The van der Waals surface area contributed by atoms with Crippen LogP contribution in [0.25, 0.3) is 0 Å². The van der Waals surface area contributed by atoms with Gasteiger partial charge in [-0.05, 0) is 19.3 Å². The average molecular weight is 306 g/mol. The molecule has 1 aliphatic carbocycles. The van der Waals surface area contributed by atoms with Crippen LogP contribution >= 0.6 is 0 Å². The molecule has 0 saturated heterocycles. The predicted octanol–water partition coefficient (Wildman–Crippen LogP) is 1.35. The van der Waals surface area contributed by atoms with Gasteiger partial charge in [-0.1, -0.05) is 30.4 Å². The summed E-state index contributed by atoms with van der Waals surface area (Å²) in [6.45, 7) is 2.08. The van der Waals surface area contributed by atoms with Gasteiger partial charge in [0.1, 0.15) is 5.94 Å². The minimum atomic E-state index is -0.625. The molecule has 0 aromatic carbocycles. The fourth-order valence-corrected chi connectivity index (χ4v) is 2.54. The van der Waals surface area contributed by atoms with Gasteiger partial charge in [0, 0.05) is 24.5 Å². The summed E-state index contributed by atoms with van der Waals surface area (Å²) in [5.74, 6) is 0.906. The number of esters is 1. The molecule has 5 nitrogen and oxygen atoms in total. The van der Waals surface area contributed by atoms with E-state index in [-0.39, 0.29) is 11.8 Å². The second-order valence-corrected chi connectivity index (χ2v) is 5.05. The molecular weight excluding hydrogens is 284 g/mol. The lowest BCUT2D eigenvalue weighted by atomic mass is 9.90. The highest BCUT2D eigenvalue weighted by Gasteiger charge is 2.39. The van der Waals surface area contributed by atoms with Crippen molar-refractivity contribution >= 4 is 11.9 Å². The van der Waals surface area contributed by atoms with Crippen molar-refractivity contribution in [1.82, 2.24) is 0 Å². The summed E-state index contributed by atoms with van der Waals surface area (Å²) in [4.78, 5) is 21.3. The molecule has 1 rings (SSSR count). The summed E-state index contributed by atoms with van der Waals surface area (Å²) in [5.41, 5.74) is 0. The Hall–Kier alpha value is -1.94. The average Bonchev–Trinajstić information content (AvgIpc) is 2.74. The molecule has 1 aliphatic rings. The number of allylic oxidation sites excluding steroid dienone is 5. The summed E-state index contributed by atoms with van der Waals surface area (Å²) < 4.78 is 4.73. The third-order valence-electron chi connectivity index (χ3n) is 3.57. The van der Waals surface area contributed by atoms with Crippen LogP contribution in [0.2, 0.25) is 0 Å². The van der Waals surface area contributed by atoms with E-state index >= 15 is 0 Å². The zero-order chi connectivity index (χ0) is 16.4. The van der Waals surface area contributed by atoms with Crippen molar-refractivity contribution in [3.05, 3.63) is 42.5 Å². The first-order chi connectivity index (χ1) is 10.6. The van der Waals surface area contributed by atoms with E-state index in [9.17, 15) is 19.8 Å². The number of carbonyl (C=O) groups excluding carboxylic acids is 2. The van der Waals surface area contributed by atoms with Gasteiger partial charge in [-0.2, -0.15) is 0 Å². The van der Waals surface area contributed by atoms with E-state index in [1.807, 2.05) is 0 Å². The van der Waals surface area contributed by atoms with E-state index in [2.05, 4.69) is 0 Å². The van der Waals surface area contributed by atoms with Gasteiger partial charge in [0.15, 0.2) is 0 Å². The van der Waals surface area contributed by atoms with Gasteiger partial charge in [0.25, 0.3) is 0 Å². The summed E-state index contributed by atoms with van der Waals surface area (Å²) in [7, 11) is 0. The minimum Gasteiger partial charge on any atom is -0.463 e. The standard InChI is InChI=1S/C17H22O5/c1-2-22-17(21)10-6-4-3-5-8-13-14(9-7-11-18)16(20)12-15(13)19/h3-8,10,13-16,19-20H,2,9,12H2,1H3/b4-3+,8-5+,10-6+/t13-,14+,15-,16+/m0/s1. The molecule has 0 aliphatic heterocycles. The van der Waals surface area contributed by atoms with E-state index in [0.29, 0.717) is 19.4 Å². The lowest BCUT2D eigenvalue weighted by Gasteiger charge is -2.18. The van der Waals surface area contributed by atoms with Crippen LogP contribution in [0.5, 0.6) is 0 Å². The third-order valence-corrected chi connectivity index (χ3v) is 3.57. The van der Waals surface area contributed by atoms with E-state index in [1.54, 1.807) is 43.2 Å². The molecule has 5 heteroatoms. The molecule has 0 spiro atoms. The number of hydrogen-bond acceptors (Lipinski definition) is 5. The Balaban J connectivity index is 2.55. The van der Waals surface area contributed by atoms with Gasteiger partial charge in [-0.15, -0.1) is 0 Å². The summed E-state index contributed by atoms with van der Waals surface area (Å²) in [6.07, 6.45) is 10.6. The molecule has 0 bridgehead atoms. The number of aliphatic hydroxyl groups is 2. The maximum absolute atomic E-state index is 11.1. The van der Waals surface area contributed by atoms with Gasteiger partial charge >= 0.3 is 5.97 Å². The maximum Gasteiger partial charge on any atom is 0.330 e. The van der Waals surface area contributed by atoms with Crippen molar-refractivity contribution < 1.29 is 24.5 Å². The van der Waals surface area contributed by atoms with Crippen LogP contribution in [0.3, 0.4) is 0 Å². The normalized spacial score (nSPS) is 28.5. The van der Waals surface area contributed by atoms with Gasteiger partial charge in [0.2, 0.25) is 0 Å². The van der Waals surface area contributed by atoms with Crippen LogP contribution in [-0.4, -0.2) is 40.9 Å². The topological polar surface area (TPSA) is 83.8 Å². The van der Waals surface area contributed by atoms with Crippen molar-refractivity contribution in [3.8, 4) is 0 Å². The molecule has 0 radical (unpaired) electrons. The van der Waals surface area contributed by atoms with Crippen molar-refractivity contribution in [3.63, 3.8) is 0 Å². The van der Waals surface area contributed by atoms with Crippen LogP contribution in [0.15, 0.2) is 42.5 Å². The lowest BCUT2D eigenvalue weighted by Crippen LogP contribution is -2.19. The molecule has 1 fully saturated rings. The zero-order valence-corrected chi connectivity index (χ0v) is 12.6. The monoisotopic (exact) mass is 306 g/mol. The quantitative estimate of drug-likeness (QED) is 0.321. The van der Waals surface area contributed by atoms with Crippen LogP contribution in [0.4, 0.5) is 0 Å².